The fourth-order valence-electron chi connectivity index (χ4n) is 2.21. The molecule has 0 aliphatic heterocycles. The van der Waals surface area contributed by atoms with Gasteiger partial charge in [0, 0.05) is 25.6 Å². The normalized spacial score (nSPS) is 12.1. The molecule has 0 radical (unpaired) electrons. The number of hydrogen-bond donors (Lipinski definition) is 2. The van der Waals surface area contributed by atoms with Gasteiger partial charge in [0.25, 0.3) is 0 Å². The molecule has 0 atom stereocenters. The van der Waals surface area contributed by atoms with Gasteiger partial charge in [-0.15, -0.1) is 0 Å². The number of methoxy groups -OCH3 is 1. The number of hydrogen-bond acceptors (Lipinski definition) is 4. The maximum atomic E-state index is 12.5. The van der Waals surface area contributed by atoms with Crippen LogP contribution in [0.2, 0.25) is 0 Å². The first kappa shape index (κ1) is 19.4. The predicted octanol–water partition coefficient (Wildman–Crippen LogP) is 1.72. The molecule has 0 fully saturated rings. The van der Waals surface area contributed by atoms with Gasteiger partial charge >= 0.3 is 0 Å². The van der Waals surface area contributed by atoms with E-state index in [2.05, 4.69) is 10.0 Å². The van der Waals surface area contributed by atoms with Crippen molar-refractivity contribution in [1.82, 2.24) is 10.0 Å². The number of rotatable bonds is 6. The Balaban J connectivity index is 3.13. The minimum atomic E-state index is -3.65. The molecule has 0 bridgehead atoms. The fraction of sp³-hybridized carbons (Fsp3) is 0.562. The zero-order valence-corrected chi connectivity index (χ0v) is 15.4. The van der Waals surface area contributed by atoms with Crippen LogP contribution in [-0.4, -0.2) is 34.5 Å². The number of sulfonamides is 1. The monoisotopic (exact) mass is 342 g/mol. The quantitative estimate of drug-likeness (QED) is 0.771. The number of benzene rings is 1. The van der Waals surface area contributed by atoms with Crippen molar-refractivity contribution in [1.29, 1.82) is 0 Å². The van der Waals surface area contributed by atoms with Crippen LogP contribution in [0, 0.1) is 6.92 Å². The van der Waals surface area contributed by atoms with Crippen LogP contribution in [0.25, 0.3) is 0 Å². The second kappa shape index (κ2) is 7.31. The smallest absolute Gasteiger partial charge is 0.240 e. The summed E-state index contributed by atoms with van der Waals surface area (Å²) in [6.07, 6.45) is 0. The van der Waals surface area contributed by atoms with Crippen LogP contribution < -0.4 is 14.8 Å². The molecule has 1 amide bonds. The number of nitrogens with one attached hydrogen (secondary N) is 2. The molecule has 0 aromatic heterocycles. The predicted molar refractivity (Wildman–Crippen MR) is 90.3 cm³/mol. The molecule has 0 unspecified atom stereocenters. The lowest BCUT2D eigenvalue weighted by atomic mass is 9.86. The van der Waals surface area contributed by atoms with Crippen molar-refractivity contribution in [2.75, 3.05) is 20.2 Å². The van der Waals surface area contributed by atoms with Crippen LogP contribution >= 0.6 is 0 Å². The summed E-state index contributed by atoms with van der Waals surface area (Å²) in [5, 5.41) is 2.55. The Bertz CT molecular complexity index is 676. The van der Waals surface area contributed by atoms with Gasteiger partial charge < -0.3 is 10.1 Å². The Morgan fingerprint density at radius 2 is 1.83 bits per heavy atom. The topological polar surface area (TPSA) is 84.5 Å². The standard InChI is InChI=1S/C16H26N2O4S/c1-11-9-14(22-6)13(16(3,4)5)10-15(11)23(20,21)18-8-7-17-12(2)19/h9-10,18H,7-8H2,1-6H3,(H,17,19). The van der Waals surface area contributed by atoms with Crippen LogP contribution in [-0.2, 0) is 20.2 Å². The van der Waals surface area contributed by atoms with Gasteiger partial charge in [-0.3, -0.25) is 4.79 Å². The first-order valence-electron chi connectivity index (χ1n) is 7.42. The third-order valence-electron chi connectivity index (χ3n) is 3.39. The highest BCUT2D eigenvalue weighted by Crippen LogP contribution is 2.34. The third-order valence-corrected chi connectivity index (χ3v) is 4.99. The number of amides is 1. The van der Waals surface area contributed by atoms with E-state index in [1.54, 1.807) is 26.2 Å². The lowest BCUT2D eigenvalue weighted by Crippen LogP contribution is -2.34. The van der Waals surface area contributed by atoms with E-state index in [0.717, 1.165) is 5.56 Å². The second-order valence-electron chi connectivity index (χ2n) is 6.45. The molecule has 1 aromatic carbocycles. The van der Waals surface area contributed by atoms with Crippen molar-refractivity contribution < 1.29 is 17.9 Å². The molecule has 1 aromatic rings. The van der Waals surface area contributed by atoms with Crippen molar-refractivity contribution >= 4 is 15.9 Å². The Labute approximate surface area is 138 Å². The van der Waals surface area contributed by atoms with Crippen LogP contribution in [0.4, 0.5) is 0 Å². The zero-order valence-electron chi connectivity index (χ0n) is 14.6. The molecule has 0 saturated heterocycles. The summed E-state index contributed by atoms with van der Waals surface area (Å²) in [4.78, 5) is 11.0. The fourth-order valence-corrected chi connectivity index (χ4v) is 3.49. The number of aryl methyl sites for hydroxylation is 1. The van der Waals surface area contributed by atoms with Crippen molar-refractivity contribution in [2.24, 2.45) is 0 Å². The minimum absolute atomic E-state index is 0.137. The summed E-state index contributed by atoms with van der Waals surface area (Å²) in [5.74, 6) is 0.479. The van der Waals surface area contributed by atoms with Gasteiger partial charge in [-0.25, -0.2) is 13.1 Å². The van der Waals surface area contributed by atoms with E-state index in [-0.39, 0.29) is 29.3 Å². The van der Waals surface area contributed by atoms with Gasteiger partial charge in [0.1, 0.15) is 5.75 Å². The summed E-state index contributed by atoms with van der Waals surface area (Å²) >= 11 is 0. The molecule has 1 rings (SSSR count). The van der Waals surface area contributed by atoms with Crippen molar-refractivity contribution in [3.8, 4) is 5.75 Å². The summed E-state index contributed by atoms with van der Waals surface area (Å²) in [6.45, 7) is 9.51. The lowest BCUT2D eigenvalue weighted by molar-refractivity contribution is -0.118. The summed E-state index contributed by atoms with van der Waals surface area (Å²) in [7, 11) is -2.08. The zero-order chi connectivity index (χ0) is 17.8. The van der Waals surface area contributed by atoms with E-state index >= 15 is 0 Å². The lowest BCUT2D eigenvalue weighted by Gasteiger charge is -2.24. The Morgan fingerprint density at radius 1 is 1.22 bits per heavy atom. The van der Waals surface area contributed by atoms with Crippen molar-refractivity contribution in [2.45, 2.75) is 44.9 Å². The van der Waals surface area contributed by atoms with E-state index in [1.807, 2.05) is 20.8 Å². The molecule has 0 spiro atoms. The Kier molecular flexibility index (Phi) is 6.18. The molecule has 23 heavy (non-hydrogen) atoms. The SMILES string of the molecule is COc1cc(C)c(S(=O)(=O)NCCNC(C)=O)cc1C(C)(C)C. The minimum Gasteiger partial charge on any atom is -0.496 e. The van der Waals surface area contributed by atoms with Crippen LogP contribution in [0.5, 0.6) is 5.75 Å². The van der Waals surface area contributed by atoms with E-state index in [9.17, 15) is 13.2 Å². The highest BCUT2D eigenvalue weighted by molar-refractivity contribution is 7.89. The molecule has 0 aliphatic carbocycles. The highest BCUT2D eigenvalue weighted by Gasteiger charge is 2.25. The van der Waals surface area contributed by atoms with Gasteiger partial charge in [-0.2, -0.15) is 0 Å². The average molecular weight is 342 g/mol. The highest BCUT2D eigenvalue weighted by atomic mass is 32.2. The maximum Gasteiger partial charge on any atom is 0.240 e. The molecular weight excluding hydrogens is 316 g/mol. The molecule has 0 heterocycles. The molecule has 7 heteroatoms. The Morgan fingerprint density at radius 3 is 2.30 bits per heavy atom. The first-order chi connectivity index (χ1) is 10.5. The third kappa shape index (κ3) is 5.21. The van der Waals surface area contributed by atoms with Gasteiger partial charge in [-0.05, 0) is 30.0 Å². The van der Waals surface area contributed by atoms with Crippen molar-refractivity contribution in [3.63, 3.8) is 0 Å². The number of carbonyl (C=O) groups is 1. The van der Waals surface area contributed by atoms with Crippen LogP contribution in [0.15, 0.2) is 17.0 Å². The summed E-state index contributed by atoms with van der Waals surface area (Å²) < 4.78 is 32.9. The molecule has 0 saturated carbocycles. The van der Waals surface area contributed by atoms with Crippen LogP contribution in [0.1, 0.15) is 38.8 Å². The average Bonchev–Trinajstić information content (AvgIpc) is 2.41. The summed E-state index contributed by atoms with van der Waals surface area (Å²) in [6, 6.07) is 3.40. The number of ether oxygens (including phenoxy) is 1. The van der Waals surface area contributed by atoms with Gasteiger partial charge in [0.05, 0.1) is 12.0 Å². The largest absolute Gasteiger partial charge is 0.496 e. The van der Waals surface area contributed by atoms with E-state index in [4.69, 9.17) is 4.74 Å². The second-order valence-corrected chi connectivity index (χ2v) is 8.18. The molecule has 0 aliphatic rings. The molecule has 130 valence electrons. The van der Waals surface area contributed by atoms with Gasteiger partial charge in [-0.1, -0.05) is 20.8 Å². The van der Waals surface area contributed by atoms with E-state index in [0.29, 0.717) is 11.3 Å². The van der Waals surface area contributed by atoms with Crippen LogP contribution in [0.3, 0.4) is 0 Å². The number of carbonyl (C=O) groups excluding carboxylic acids is 1. The van der Waals surface area contributed by atoms with Crippen molar-refractivity contribution in [3.05, 3.63) is 23.3 Å². The van der Waals surface area contributed by atoms with Gasteiger partial charge in [0.2, 0.25) is 15.9 Å². The Hall–Kier alpha value is -1.60. The first-order valence-corrected chi connectivity index (χ1v) is 8.90. The van der Waals surface area contributed by atoms with E-state index in [1.165, 1.54) is 6.92 Å². The maximum absolute atomic E-state index is 12.5. The molecule has 6 nitrogen and oxygen atoms in total. The van der Waals surface area contributed by atoms with Gasteiger partial charge in [0.15, 0.2) is 0 Å². The molecular formula is C16H26N2O4S. The summed E-state index contributed by atoms with van der Waals surface area (Å²) in [5.41, 5.74) is 1.19. The van der Waals surface area contributed by atoms with E-state index < -0.39 is 10.0 Å². The molecule has 2 N–H and O–H groups in total.